The van der Waals surface area contributed by atoms with Crippen molar-refractivity contribution in [2.45, 2.75) is 39.0 Å². The van der Waals surface area contributed by atoms with E-state index in [0.29, 0.717) is 36.0 Å². The fourth-order valence-electron chi connectivity index (χ4n) is 3.08. The second-order valence-electron chi connectivity index (χ2n) is 6.45. The molecule has 0 saturated carbocycles. The van der Waals surface area contributed by atoms with Gasteiger partial charge in [-0.05, 0) is 37.3 Å². The van der Waals surface area contributed by atoms with Gasteiger partial charge in [-0.15, -0.1) is 0 Å². The van der Waals surface area contributed by atoms with Gasteiger partial charge in [-0.3, -0.25) is 9.59 Å². The molecule has 1 aromatic heterocycles. The van der Waals surface area contributed by atoms with E-state index in [1.165, 1.54) is 0 Å². The first-order valence-corrected chi connectivity index (χ1v) is 8.39. The molecule has 5 heteroatoms. The Morgan fingerprint density at radius 3 is 2.83 bits per heavy atom. The van der Waals surface area contributed by atoms with Gasteiger partial charge in [-0.25, -0.2) is 4.98 Å². The highest BCUT2D eigenvalue weighted by Crippen LogP contribution is 2.17. The smallest absolute Gasteiger partial charge is 0.258 e. The number of aryl methyl sites for hydroxylation is 1. The average Bonchev–Trinajstić information content (AvgIpc) is 2.55. The monoisotopic (exact) mass is 313 g/mol. The largest absolute Gasteiger partial charge is 0.343 e. The van der Waals surface area contributed by atoms with E-state index in [0.717, 1.165) is 31.8 Å². The lowest BCUT2D eigenvalue weighted by Crippen LogP contribution is -2.37. The number of piperidine rings is 1. The molecule has 23 heavy (non-hydrogen) atoms. The lowest BCUT2D eigenvalue weighted by Gasteiger charge is -2.30. The Labute approximate surface area is 135 Å². The zero-order valence-corrected chi connectivity index (χ0v) is 13.5. The Morgan fingerprint density at radius 1 is 1.30 bits per heavy atom. The lowest BCUT2D eigenvalue weighted by atomic mass is 9.99. The first kappa shape index (κ1) is 15.7. The van der Waals surface area contributed by atoms with Gasteiger partial charge < -0.3 is 9.88 Å². The van der Waals surface area contributed by atoms with Gasteiger partial charge >= 0.3 is 0 Å². The Morgan fingerprint density at radius 2 is 2.04 bits per heavy atom. The van der Waals surface area contributed by atoms with Crippen molar-refractivity contribution >= 4 is 16.8 Å². The normalized spacial score (nSPS) is 16.0. The second kappa shape index (κ2) is 6.94. The van der Waals surface area contributed by atoms with Crippen molar-refractivity contribution in [2.24, 2.45) is 5.92 Å². The van der Waals surface area contributed by atoms with Crippen LogP contribution in [0.1, 0.15) is 38.4 Å². The molecule has 122 valence electrons. The quantitative estimate of drug-likeness (QED) is 0.943. The molecule has 2 heterocycles. The SMILES string of the molecule is CC1CCN(C(=O)CCCc2nc3ccccc3c(=O)[nH]2)CC1. The maximum absolute atomic E-state index is 12.2. The number of nitrogens with zero attached hydrogens (tertiary/aromatic N) is 2. The fourth-order valence-corrected chi connectivity index (χ4v) is 3.08. The third kappa shape index (κ3) is 3.78. The highest BCUT2D eigenvalue weighted by atomic mass is 16.2. The molecule has 0 spiro atoms. The van der Waals surface area contributed by atoms with Gasteiger partial charge in [0.05, 0.1) is 10.9 Å². The van der Waals surface area contributed by atoms with Gasteiger partial charge in [0.2, 0.25) is 5.91 Å². The number of aromatic amines is 1. The standard InChI is InChI=1S/C18H23N3O2/c1-13-9-11-21(12-10-13)17(22)8-4-7-16-19-15-6-3-2-5-14(15)18(23)20-16/h2-3,5-6,13H,4,7-12H2,1H3,(H,19,20,23). The summed E-state index contributed by atoms with van der Waals surface area (Å²) in [5.41, 5.74) is 0.601. The molecule has 0 bridgehead atoms. The van der Waals surface area contributed by atoms with Crippen LogP contribution in [0.15, 0.2) is 29.1 Å². The van der Waals surface area contributed by atoms with Crippen molar-refractivity contribution in [1.82, 2.24) is 14.9 Å². The third-order valence-electron chi connectivity index (χ3n) is 4.60. The summed E-state index contributed by atoms with van der Waals surface area (Å²) >= 11 is 0. The van der Waals surface area contributed by atoms with Crippen molar-refractivity contribution in [3.63, 3.8) is 0 Å². The zero-order valence-electron chi connectivity index (χ0n) is 13.5. The van der Waals surface area contributed by atoms with E-state index in [4.69, 9.17) is 0 Å². The molecular weight excluding hydrogens is 290 g/mol. The van der Waals surface area contributed by atoms with E-state index in [-0.39, 0.29) is 11.5 Å². The number of hydrogen-bond donors (Lipinski definition) is 1. The van der Waals surface area contributed by atoms with Gasteiger partial charge in [0.1, 0.15) is 5.82 Å². The molecule has 0 aliphatic carbocycles. The van der Waals surface area contributed by atoms with Gasteiger partial charge in [-0.2, -0.15) is 0 Å². The predicted octanol–water partition coefficient (Wildman–Crippen LogP) is 2.50. The number of carbonyl (C=O) groups excluding carboxylic acids is 1. The molecule has 0 unspecified atom stereocenters. The summed E-state index contributed by atoms with van der Waals surface area (Å²) in [7, 11) is 0. The summed E-state index contributed by atoms with van der Waals surface area (Å²) in [5.74, 6) is 1.61. The molecule has 2 aromatic rings. The zero-order chi connectivity index (χ0) is 16.2. The first-order chi connectivity index (χ1) is 11.1. The second-order valence-corrected chi connectivity index (χ2v) is 6.45. The Hall–Kier alpha value is -2.17. The first-order valence-electron chi connectivity index (χ1n) is 8.39. The molecule has 1 fully saturated rings. The van der Waals surface area contributed by atoms with Crippen LogP contribution < -0.4 is 5.56 Å². The third-order valence-corrected chi connectivity index (χ3v) is 4.60. The summed E-state index contributed by atoms with van der Waals surface area (Å²) in [6.45, 7) is 4.00. The van der Waals surface area contributed by atoms with E-state index < -0.39 is 0 Å². The number of nitrogens with one attached hydrogen (secondary N) is 1. The van der Waals surface area contributed by atoms with Crippen LogP contribution in [0.5, 0.6) is 0 Å². The molecule has 1 aliphatic heterocycles. The molecule has 1 saturated heterocycles. The number of H-pyrrole nitrogens is 1. The summed E-state index contributed by atoms with van der Waals surface area (Å²) in [5, 5.41) is 0.606. The molecule has 1 aliphatic rings. The van der Waals surface area contributed by atoms with Crippen molar-refractivity contribution in [1.29, 1.82) is 0 Å². The van der Waals surface area contributed by atoms with Crippen molar-refractivity contribution in [2.75, 3.05) is 13.1 Å². The van der Waals surface area contributed by atoms with E-state index in [1.807, 2.05) is 23.1 Å². The van der Waals surface area contributed by atoms with Crippen LogP contribution in [0.2, 0.25) is 0 Å². The van der Waals surface area contributed by atoms with Gasteiger partial charge in [0.15, 0.2) is 0 Å². The van der Waals surface area contributed by atoms with Gasteiger partial charge in [-0.1, -0.05) is 19.1 Å². The van der Waals surface area contributed by atoms with Crippen molar-refractivity contribution in [3.8, 4) is 0 Å². The number of benzene rings is 1. The van der Waals surface area contributed by atoms with Crippen LogP contribution in [-0.4, -0.2) is 33.9 Å². The highest BCUT2D eigenvalue weighted by Gasteiger charge is 2.19. The average molecular weight is 313 g/mol. The van der Waals surface area contributed by atoms with Crippen LogP contribution in [0.4, 0.5) is 0 Å². The van der Waals surface area contributed by atoms with Crippen molar-refractivity contribution in [3.05, 3.63) is 40.4 Å². The van der Waals surface area contributed by atoms with E-state index in [9.17, 15) is 9.59 Å². The van der Waals surface area contributed by atoms with E-state index in [2.05, 4.69) is 16.9 Å². The maximum Gasteiger partial charge on any atom is 0.258 e. The Balaban J connectivity index is 1.56. The maximum atomic E-state index is 12.2. The number of para-hydroxylation sites is 1. The molecule has 1 amide bonds. The van der Waals surface area contributed by atoms with Crippen LogP contribution in [0, 0.1) is 5.92 Å². The van der Waals surface area contributed by atoms with Crippen molar-refractivity contribution < 1.29 is 4.79 Å². The number of amides is 1. The fraction of sp³-hybridized carbons (Fsp3) is 0.500. The summed E-state index contributed by atoms with van der Waals surface area (Å²) in [6, 6.07) is 7.32. The molecule has 1 N–H and O–H groups in total. The van der Waals surface area contributed by atoms with E-state index in [1.54, 1.807) is 6.07 Å². The number of hydrogen-bond acceptors (Lipinski definition) is 3. The van der Waals surface area contributed by atoms with Crippen LogP contribution in [0.25, 0.3) is 10.9 Å². The van der Waals surface area contributed by atoms with E-state index >= 15 is 0 Å². The number of rotatable bonds is 4. The lowest BCUT2D eigenvalue weighted by molar-refractivity contribution is -0.132. The molecule has 0 atom stereocenters. The Bertz CT molecular complexity index is 745. The molecule has 0 radical (unpaired) electrons. The van der Waals surface area contributed by atoms with Gasteiger partial charge in [0.25, 0.3) is 5.56 Å². The minimum absolute atomic E-state index is 0.109. The minimum Gasteiger partial charge on any atom is -0.343 e. The number of fused-ring (bicyclic) bond motifs is 1. The number of aromatic nitrogens is 2. The number of likely N-dealkylation sites (tertiary alicyclic amines) is 1. The van der Waals surface area contributed by atoms with Gasteiger partial charge in [0, 0.05) is 25.9 Å². The minimum atomic E-state index is -0.109. The van der Waals surface area contributed by atoms with Crippen LogP contribution in [0.3, 0.4) is 0 Å². The topological polar surface area (TPSA) is 66.1 Å². The number of carbonyl (C=O) groups is 1. The highest BCUT2D eigenvalue weighted by molar-refractivity contribution is 5.77. The summed E-state index contributed by atoms with van der Waals surface area (Å²) < 4.78 is 0. The predicted molar refractivity (Wildman–Crippen MR) is 90.3 cm³/mol. The summed E-state index contributed by atoms with van der Waals surface area (Å²) in [4.78, 5) is 33.5. The molecule has 1 aromatic carbocycles. The Kier molecular flexibility index (Phi) is 4.74. The molecule has 3 rings (SSSR count). The summed E-state index contributed by atoms with van der Waals surface area (Å²) in [6.07, 6.45) is 4.06. The van der Waals surface area contributed by atoms with Crippen LogP contribution >= 0.6 is 0 Å². The molecule has 5 nitrogen and oxygen atoms in total. The van der Waals surface area contributed by atoms with Crippen LogP contribution in [-0.2, 0) is 11.2 Å². The molecular formula is C18H23N3O2.